The first-order valence-corrected chi connectivity index (χ1v) is 18.2. The van der Waals surface area contributed by atoms with Crippen LogP contribution in [-0.4, -0.2) is 19.9 Å². The van der Waals surface area contributed by atoms with E-state index in [9.17, 15) is 0 Å². The van der Waals surface area contributed by atoms with Crippen LogP contribution in [0.1, 0.15) is 0 Å². The smallest absolute Gasteiger partial charge is 0.164 e. The van der Waals surface area contributed by atoms with Crippen LogP contribution >= 0.6 is 11.3 Å². The Hall–Kier alpha value is -6.96. The molecule has 11 rings (SSSR count). The van der Waals surface area contributed by atoms with Crippen LogP contribution in [0.25, 0.3) is 110 Å². The van der Waals surface area contributed by atoms with Gasteiger partial charge in [0.25, 0.3) is 0 Å². The van der Waals surface area contributed by atoms with Crippen molar-refractivity contribution in [3.8, 4) is 55.9 Å². The summed E-state index contributed by atoms with van der Waals surface area (Å²) in [7, 11) is 0. The standard InChI is InChI=1S/C46H26N4O2S/c1-3-11-27(12-4-1)28-21-23-30(24-22-28)46-47-35-26-39-34(25-40(35)53-46)42-33(17-10-20-38(42)52-39)45-49-43(29-13-5-2-6-14-29)48-44(50-45)32-16-9-19-37-41(32)31-15-7-8-18-36(31)51-37/h1-26H. The van der Waals surface area contributed by atoms with Gasteiger partial charge in [-0.25, -0.2) is 19.9 Å². The fourth-order valence-electron chi connectivity index (χ4n) is 7.29. The summed E-state index contributed by atoms with van der Waals surface area (Å²) in [6.45, 7) is 0. The summed E-state index contributed by atoms with van der Waals surface area (Å²) in [5.74, 6) is 1.73. The van der Waals surface area contributed by atoms with Crippen molar-refractivity contribution in [3.63, 3.8) is 0 Å². The Bertz CT molecular complexity index is 3160. The van der Waals surface area contributed by atoms with E-state index >= 15 is 0 Å². The third kappa shape index (κ3) is 4.93. The van der Waals surface area contributed by atoms with Gasteiger partial charge in [-0.15, -0.1) is 11.3 Å². The molecule has 7 heteroatoms. The van der Waals surface area contributed by atoms with Crippen LogP contribution in [0, 0.1) is 0 Å². The summed E-state index contributed by atoms with van der Waals surface area (Å²) in [6, 6.07) is 53.5. The van der Waals surface area contributed by atoms with Crippen LogP contribution in [0.3, 0.4) is 0 Å². The summed E-state index contributed by atoms with van der Waals surface area (Å²) in [6.07, 6.45) is 0. The quantitative estimate of drug-likeness (QED) is 0.178. The Morgan fingerprint density at radius 3 is 1.64 bits per heavy atom. The van der Waals surface area contributed by atoms with Crippen LogP contribution in [-0.2, 0) is 0 Å². The van der Waals surface area contributed by atoms with Gasteiger partial charge < -0.3 is 8.83 Å². The second-order valence-corrected chi connectivity index (χ2v) is 14.0. The van der Waals surface area contributed by atoms with Gasteiger partial charge in [0, 0.05) is 49.9 Å². The molecule has 0 bridgehead atoms. The number of benzene rings is 7. The molecule has 0 spiro atoms. The molecule has 0 aliphatic carbocycles. The van der Waals surface area contributed by atoms with Gasteiger partial charge in [0.1, 0.15) is 27.3 Å². The van der Waals surface area contributed by atoms with Crippen LogP contribution in [0.4, 0.5) is 0 Å². The number of nitrogens with zero attached hydrogens (tertiary/aromatic N) is 4. The molecular weight excluding hydrogens is 673 g/mol. The highest BCUT2D eigenvalue weighted by Gasteiger charge is 2.21. The van der Waals surface area contributed by atoms with Gasteiger partial charge in [0.15, 0.2) is 17.5 Å². The van der Waals surface area contributed by atoms with Crippen molar-refractivity contribution in [3.05, 3.63) is 158 Å². The first-order chi connectivity index (χ1) is 26.2. The predicted octanol–water partition coefficient (Wildman–Crippen LogP) is 12.6. The lowest BCUT2D eigenvalue weighted by Gasteiger charge is -2.10. The van der Waals surface area contributed by atoms with Gasteiger partial charge >= 0.3 is 0 Å². The molecule has 0 aliphatic heterocycles. The highest BCUT2D eigenvalue weighted by atomic mass is 32.1. The van der Waals surface area contributed by atoms with Crippen molar-refractivity contribution in [1.29, 1.82) is 0 Å². The van der Waals surface area contributed by atoms with Gasteiger partial charge in [0.05, 0.1) is 10.2 Å². The summed E-state index contributed by atoms with van der Waals surface area (Å²) in [4.78, 5) is 20.4. The maximum absolute atomic E-state index is 6.51. The normalized spacial score (nSPS) is 11.8. The highest BCUT2D eigenvalue weighted by molar-refractivity contribution is 7.21. The Kier molecular flexibility index (Phi) is 6.62. The monoisotopic (exact) mass is 698 g/mol. The molecule has 0 amide bonds. The zero-order valence-electron chi connectivity index (χ0n) is 28.0. The summed E-state index contributed by atoms with van der Waals surface area (Å²) in [5.41, 5.74) is 10.2. The third-order valence-electron chi connectivity index (χ3n) is 9.80. The first-order valence-electron chi connectivity index (χ1n) is 17.4. The summed E-state index contributed by atoms with van der Waals surface area (Å²) < 4.78 is 13.8. The number of aromatic nitrogens is 4. The zero-order chi connectivity index (χ0) is 34.9. The molecule has 0 radical (unpaired) electrons. The molecule has 0 fully saturated rings. The minimum Gasteiger partial charge on any atom is -0.456 e. The lowest BCUT2D eigenvalue weighted by atomic mass is 10.0. The molecule has 11 aromatic rings. The molecule has 0 atom stereocenters. The molecular formula is C46H26N4O2S. The topological polar surface area (TPSA) is 77.8 Å². The van der Waals surface area contributed by atoms with Crippen LogP contribution in [0.15, 0.2) is 167 Å². The molecule has 248 valence electrons. The SMILES string of the molecule is c1ccc(-c2ccc(-c3nc4cc5oc6cccc(-c7nc(-c8ccccc8)nc(-c8cccc9oc%10ccccc%10c89)n7)c6c5cc4s3)cc2)cc1. The highest BCUT2D eigenvalue weighted by Crippen LogP contribution is 2.42. The molecule has 0 aliphatic rings. The van der Waals surface area contributed by atoms with Crippen LogP contribution in [0.2, 0.25) is 0 Å². The molecule has 53 heavy (non-hydrogen) atoms. The molecule has 0 N–H and O–H groups in total. The lowest BCUT2D eigenvalue weighted by Crippen LogP contribution is -2.00. The largest absolute Gasteiger partial charge is 0.456 e. The Labute approximate surface area is 306 Å². The van der Waals surface area contributed by atoms with E-state index in [2.05, 4.69) is 72.8 Å². The number of furan rings is 2. The average molecular weight is 699 g/mol. The van der Waals surface area contributed by atoms with E-state index in [1.165, 1.54) is 11.1 Å². The van der Waals surface area contributed by atoms with Gasteiger partial charge in [0.2, 0.25) is 0 Å². The molecule has 4 aromatic heterocycles. The van der Waals surface area contributed by atoms with E-state index < -0.39 is 0 Å². The van der Waals surface area contributed by atoms with E-state index in [0.717, 1.165) is 81.4 Å². The van der Waals surface area contributed by atoms with E-state index in [4.69, 9.17) is 28.8 Å². The molecule has 4 heterocycles. The van der Waals surface area contributed by atoms with Gasteiger partial charge in [-0.3, -0.25) is 0 Å². The third-order valence-corrected chi connectivity index (χ3v) is 10.9. The number of fused-ring (bicyclic) bond motifs is 7. The number of hydrogen-bond acceptors (Lipinski definition) is 7. The molecule has 0 unspecified atom stereocenters. The second-order valence-electron chi connectivity index (χ2n) is 13.0. The van der Waals surface area contributed by atoms with Gasteiger partial charge in [-0.2, -0.15) is 0 Å². The maximum Gasteiger partial charge on any atom is 0.164 e. The van der Waals surface area contributed by atoms with Gasteiger partial charge in [-0.1, -0.05) is 127 Å². The minimum absolute atomic E-state index is 0.565. The minimum atomic E-state index is 0.565. The summed E-state index contributed by atoms with van der Waals surface area (Å²) in [5, 5.41) is 4.90. The predicted molar refractivity (Wildman–Crippen MR) is 215 cm³/mol. The molecule has 0 saturated carbocycles. The fourth-order valence-corrected chi connectivity index (χ4v) is 8.28. The van der Waals surface area contributed by atoms with Crippen LogP contribution < -0.4 is 0 Å². The zero-order valence-corrected chi connectivity index (χ0v) is 28.8. The fraction of sp³-hybridized carbons (Fsp3) is 0. The number of thiazole rings is 1. The van der Waals surface area contributed by atoms with Crippen molar-refractivity contribution in [2.45, 2.75) is 0 Å². The second kappa shape index (κ2) is 11.8. The van der Waals surface area contributed by atoms with Gasteiger partial charge in [-0.05, 0) is 35.4 Å². The number of hydrogen-bond donors (Lipinski definition) is 0. The Morgan fingerprint density at radius 2 is 0.925 bits per heavy atom. The first kappa shape index (κ1) is 29.7. The van der Waals surface area contributed by atoms with E-state index in [1.54, 1.807) is 11.3 Å². The van der Waals surface area contributed by atoms with Crippen molar-refractivity contribution in [2.75, 3.05) is 0 Å². The van der Waals surface area contributed by atoms with Crippen LogP contribution in [0.5, 0.6) is 0 Å². The lowest BCUT2D eigenvalue weighted by molar-refractivity contribution is 0.669. The Balaban J connectivity index is 1.08. The van der Waals surface area contributed by atoms with Crippen molar-refractivity contribution < 1.29 is 8.83 Å². The van der Waals surface area contributed by atoms with E-state index in [1.807, 2.05) is 84.9 Å². The number of rotatable bonds is 5. The number of para-hydroxylation sites is 1. The average Bonchev–Trinajstić information content (AvgIpc) is 3.93. The van der Waals surface area contributed by atoms with Crippen molar-refractivity contribution in [1.82, 2.24) is 19.9 Å². The molecule has 7 aromatic carbocycles. The van der Waals surface area contributed by atoms with E-state index in [0.29, 0.717) is 17.5 Å². The van der Waals surface area contributed by atoms with E-state index in [-0.39, 0.29) is 0 Å². The van der Waals surface area contributed by atoms with Crippen molar-refractivity contribution >= 4 is 65.4 Å². The maximum atomic E-state index is 6.51. The summed E-state index contributed by atoms with van der Waals surface area (Å²) >= 11 is 1.68. The Morgan fingerprint density at radius 1 is 0.377 bits per heavy atom. The molecule has 6 nitrogen and oxygen atoms in total. The van der Waals surface area contributed by atoms with Crippen molar-refractivity contribution in [2.24, 2.45) is 0 Å². The molecule has 0 saturated heterocycles.